The topological polar surface area (TPSA) is 41.6 Å². The molecule has 4 nitrogen and oxygen atoms in total. The van der Waals surface area contributed by atoms with Crippen molar-refractivity contribution in [3.05, 3.63) is 0 Å². The minimum atomic E-state index is -0.00181. The first kappa shape index (κ1) is 12.7. The molecular formula is C10H19ClN2O2. The first-order chi connectivity index (χ1) is 6.81. The van der Waals surface area contributed by atoms with Crippen molar-refractivity contribution in [3.8, 4) is 0 Å². The number of hydrogen-bond donors (Lipinski definition) is 1. The number of ether oxygens (including phenoxy) is 1. The Labute approximate surface area is 96.7 Å². The van der Waals surface area contributed by atoms with Gasteiger partial charge in [-0.25, -0.2) is 0 Å². The van der Waals surface area contributed by atoms with E-state index in [1.54, 1.807) is 7.11 Å². The maximum absolute atomic E-state index is 11.9. The van der Waals surface area contributed by atoms with E-state index in [0.29, 0.717) is 0 Å². The lowest BCUT2D eigenvalue weighted by Crippen LogP contribution is -2.42. The molecule has 0 aromatic carbocycles. The molecule has 0 bridgehead atoms. The molecule has 0 radical (unpaired) electrons. The van der Waals surface area contributed by atoms with Crippen LogP contribution in [0.25, 0.3) is 0 Å². The monoisotopic (exact) mass is 234 g/mol. The normalized spacial score (nSPS) is 30.3. The first-order valence-electron chi connectivity index (χ1n) is 5.36. The summed E-state index contributed by atoms with van der Waals surface area (Å²) < 4.78 is 5.22. The van der Waals surface area contributed by atoms with Crippen LogP contribution in [0.4, 0.5) is 0 Å². The number of likely N-dealkylation sites (tertiary alicyclic amines) is 1. The van der Waals surface area contributed by atoms with Gasteiger partial charge >= 0.3 is 0 Å². The molecule has 0 aromatic heterocycles. The van der Waals surface area contributed by atoms with Crippen molar-refractivity contribution in [1.82, 2.24) is 10.2 Å². The van der Waals surface area contributed by atoms with E-state index in [9.17, 15) is 4.79 Å². The molecule has 5 heteroatoms. The van der Waals surface area contributed by atoms with Crippen molar-refractivity contribution in [2.24, 2.45) is 0 Å². The Morgan fingerprint density at radius 3 is 2.60 bits per heavy atom. The fourth-order valence-corrected chi connectivity index (χ4v) is 2.23. The van der Waals surface area contributed by atoms with E-state index < -0.39 is 0 Å². The van der Waals surface area contributed by atoms with E-state index in [1.807, 2.05) is 4.90 Å². The number of nitrogens with zero attached hydrogens (tertiary/aromatic N) is 1. The van der Waals surface area contributed by atoms with Crippen molar-refractivity contribution >= 4 is 18.3 Å². The highest BCUT2D eigenvalue weighted by Gasteiger charge is 2.32. The quantitative estimate of drug-likeness (QED) is 0.753. The highest BCUT2D eigenvalue weighted by molar-refractivity contribution is 5.85. The number of amides is 1. The van der Waals surface area contributed by atoms with Gasteiger partial charge in [-0.1, -0.05) is 0 Å². The van der Waals surface area contributed by atoms with E-state index in [4.69, 9.17) is 4.74 Å². The number of nitrogens with one attached hydrogen (secondary N) is 1. The molecule has 2 aliphatic heterocycles. The van der Waals surface area contributed by atoms with Crippen LogP contribution in [0.2, 0.25) is 0 Å². The second-order valence-electron chi connectivity index (χ2n) is 4.09. The highest BCUT2D eigenvalue weighted by atomic mass is 35.5. The van der Waals surface area contributed by atoms with Gasteiger partial charge in [-0.15, -0.1) is 12.4 Å². The predicted octanol–water partition coefficient (Wildman–Crippen LogP) is 0.407. The van der Waals surface area contributed by atoms with E-state index in [2.05, 4.69) is 5.32 Å². The van der Waals surface area contributed by atoms with Crippen molar-refractivity contribution in [2.75, 3.05) is 26.7 Å². The summed E-state index contributed by atoms with van der Waals surface area (Å²) in [5.41, 5.74) is 0. The third-order valence-corrected chi connectivity index (χ3v) is 3.14. The number of carbonyl (C=O) groups is 1. The van der Waals surface area contributed by atoms with Crippen LogP contribution in [-0.4, -0.2) is 49.7 Å². The van der Waals surface area contributed by atoms with E-state index >= 15 is 0 Å². The van der Waals surface area contributed by atoms with Gasteiger partial charge in [0.15, 0.2) is 0 Å². The van der Waals surface area contributed by atoms with Crippen LogP contribution in [0.5, 0.6) is 0 Å². The molecule has 2 rings (SSSR count). The summed E-state index contributed by atoms with van der Waals surface area (Å²) in [5.74, 6) is 0.266. The maximum Gasteiger partial charge on any atom is 0.239 e. The van der Waals surface area contributed by atoms with Crippen molar-refractivity contribution in [1.29, 1.82) is 0 Å². The largest absolute Gasteiger partial charge is 0.380 e. The Bertz CT molecular complexity index is 219. The molecule has 1 amide bonds. The maximum atomic E-state index is 11.9. The zero-order valence-corrected chi connectivity index (χ0v) is 9.89. The zero-order chi connectivity index (χ0) is 9.97. The van der Waals surface area contributed by atoms with Gasteiger partial charge in [0.1, 0.15) is 0 Å². The number of carbonyl (C=O) groups excluding carboxylic acids is 1. The van der Waals surface area contributed by atoms with Gasteiger partial charge in [0, 0.05) is 26.7 Å². The Balaban J connectivity index is 0.00000112. The minimum absolute atomic E-state index is 0. The summed E-state index contributed by atoms with van der Waals surface area (Å²) in [6.07, 6.45) is 3.36. The molecule has 0 aromatic rings. The SMILES string of the molecule is CO[C@@H]1CN[C@H](C(=O)N2CCCC2)C1.Cl. The predicted molar refractivity (Wildman–Crippen MR) is 60.3 cm³/mol. The second kappa shape index (κ2) is 5.68. The van der Waals surface area contributed by atoms with Gasteiger partial charge in [0.2, 0.25) is 5.91 Å². The first-order valence-corrected chi connectivity index (χ1v) is 5.36. The molecule has 2 aliphatic rings. The Kier molecular flexibility index (Phi) is 4.83. The third-order valence-electron chi connectivity index (χ3n) is 3.14. The summed E-state index contributed by atoms with van der Waals surface area (Å²) in [6, 6.07) is -0.00181. The Morgan fingerprint density at radius 2 is 2.07 bits per heavy atom. The molecular weight excluding hydrogens is 216 g/mol. The van der Waals surface area contributed by atoms with Crippen molar-refractivity contribution < 1.29 is 9.53 Å². The van der Waals surface area contributed by atoms with Crippen LogP contribution in [0, 0.1) is 0 Å². The third kappa shape index (κ3) is 2.83. The van der Waals surface area contributed by atoms with Crippen LogP contribution >= 0.6 is 12.4 Å². The number of methoxy groups -OCH3 is 1. The van der Waals surface area contributed by atoms with Crippen LogP contribution in [0.3, 0.4) is 0 Å². The molecule has 2 heterocycles. The molecule has 0 unspecified atom stereocenters. The standard InChI is InChI=1S/C10H18N2O2.ClH/c1-14-8-6-9(11-7-8)10(13)12-4-2-3-5-12;/h8-9,11H,2-7H2,1H3;1H/t8-,9-;/m0./s1. The van der Waals surface area contributed by atoms with Gasteiger partial charge in [0.25, 0.3) is 0 Å². The van der Waals surface area contributed by atoms with Gasteiger partial charge in [-0.3, -0.25) is 4.79 Å². The average molecular weight is 235 g/mol. The summed E-state index contributed by atoms with van der Waals surface area (Å²) in [7, 11) is 1.70. The van der Waals surface area contributed by atoms with Crippen LogP contribution in [-0.2, 0) is 9.53 Å². The molecule has 2 fully saturated rings. The van der Waals surface area contributed by atoms with E-state index in [-0.39, 0.29) is 30.5 Å². The minimum Gasteiger partial charge on any atom is -0.380 e. The van der Waals surface area contributed by atoms with E-state index in [1.165, 1.54) is 0 Å². The molecule has 0 saturated carbocycles. The summed E-state index contributed by atoms with van der Waals surface area (Å²) in [6.45, 7) is 2.68. The Morgan fingerprint density at radius 1 is 1.40 bits per heavy atom. The van der Waals surface area contributed by atoms with Gasteiger partial charge in [-0.05, 0) is 19.3 Å². The number of hydrogen-bond acceptors (Lipinski definition) is 3. The summed E-state index contributed by atoms with van der Waals surface area (Å²) >= 11 is 0. The van der Waals surface area contributed by atoms with Crippen LogP contribution < -0.4 is 5.32 Å². The molecule has 2 saturated heterocycles. The lowest BCUT2D eigenvalue weighted by molar-refractivity contribution is -0.132. The number of rotatable bonds is 2. The lowest BCUT2D eigenvalue weighted by atomic mass is 10.2. The molecule has 1 N–H and O–H groups in total. The van der Waals surface area contributed by atoms with Gasteiger partial charge in [-0.2, -0.15) is 0 Å². The van der Waals surface area contributed by atoms with Crippen LogP contribution in [0.15, 0.2) is 0 Å². The highest BCUT2D eigenvalue weighted by Crippen LogP contribution is 2.15. The smallest absolute Gasteiger partial charge is 0.239 e. The average Bonchev–Trinajstić information content (AvgIpc) is 2.88. The summed E-state index contributed by atoms with van der Waals surface area (Å²) in [5, 5.41) is 3.22. The molecule has 0 spiro atoms. The lowest BCUT2D eigenvalue weighted by Gasteiger charge is -2.19. The Hall–Kier alpha value is -0.320. The van der Waals surface area contributed by atoms with Crippen molar-refractivity contribution in [2.45, 2.75) is 31.4 Å². The van der Waals surface area contributed by atoms with Gasteiger partial charge < -0.3 is 15.0 Å². The fourth-order valence-electron chi connectivity index (χ4n) is 2.23. The summed E-state index contributed by atoms with van der Waals surface area (Å²) in [4.78, 5) is 13.9. The zero-order valence-electron chi connectivity index (χ0n) is 9.07. The molecule has 88 valence electrons. The molecule has 0 aliphatic carbocycles. The molecule has 2 atom stereocenters. The van der Waals surface area contributed by atoms with Crippen LogP contribution in [0.1, 0.15) is 19.3 Å². The van der Waals surface area contributed by atoms with Gasteiger partial charge in [0.05, 0.1) is 12.1 Å². The number of halogens is 1. The second-order valence-corrected chi connectivity index (χ2v) is 4.09. The van der Waals surface area contributed by atoms with Crippen molar-refractivity contribution in [3.63, 3.8) is 0 Å². The van der Waals surface area contributed by atoms with E-state index in [0.717, 1.165) is 38.9 Å². The molecule has 15 heavy (non-hydrogen) atoms. The fraction of sp³-hybridized carbons (Fsp3) is 0.900.